The standard InChI is InChI=1S/C13H17NO2/c1-3-14-9-11(13(15)16-2)8-10-6-4-5-7-12(10)14/h4-7,11H,3,8-9H2,1-2H3. The molecule has 0 aromatic heterocycles. The summed E-state index contributed by atoms with van der Waals surface area (Å²) in [5, 5.41) is 0. The fourth-order valence-corrected chi connectivity index (χ4v) is 2.31. The van der Waals surface area contributed by atoms with Crippen LogP contribution >= 0.6 is 0 Å². The molecule has 3 nitrogen and oxygen atoms in total. The molecule has 1 aliphatic heterocycles. The van der Waals surface area contributed by atoms with E-state index in [0.29, 0.717) is 0 Å². The summed E-state index contributed by atoms with van der Waals surface area (Å²) in [5.74, 6) is -0.132. The maximum Gasteiger partial charge on any atom is 0.310 e. The molecule has 1 aliphatic rings. The lowest BCUT2D eigenvalue weighted by atomic mass is 9.92. The summed E-state index contributed by atoms with van der Waals surface area (Å²) < 4.78 is 4.83. The molecule has 16 heavy (non-hydrogen) atoms. The van der Waals surface area contributed by atoms with Crippen molar-refractivity contribution in [3.63, 3.8) is 0 Å². The summed E-state index contributed by atoms with van der Waals surface area (Å²) in [5.41, 5.74) is 2.50. The molecule has 86 valence electrons. The second-order valence-corrected chi connectivity index (χ2v) is 4.09. The number of nitrogens with zero attached hydrogens (tertiary/aromatic N) is 1. The van der Waals surface area contributed by atoms with Crippen molar-refractivity contribution in [2.75, 3.05) is 25.1 Å². The number of hydrogen-bond acceptors (Lipinski definition) is 3. The summed E-state index contributed by atoms with van der Waals surface area (Å²) in [6.45, 7) is 3.79. The van der Waals surface area contributed by atoms with Crippen LogP contribution in [0.25, 0.3) is 0 Å². The van der Waals surface area contributed by atoms with Gasteiger partial charge in [0.15, 0.2) is 0 Å². The molecule has 0 spiro atoms. The van der Waals surface area contributed by atoms with Gasteiger partial charge in [-0.25, -0.2) is 0 Å². The number of esters is 1. The third-order valence-electron chi connectivity index (χ3n) is 3.16. The highest BCUT2D eigenvalue weighted by Gasteiger charge is 2.28. The van der Waals surface area contributed by atoms with E-state index in [0.717, 1.165) is 19.5 Å². The molecule has 0 fully saturated rings. The molecule has 0 saturated heterocycles. The number of anilines is 1. The monoisotopic (exact) mass is 219 g/mol. The van der Waals surface area contributed by atoms with Gasteiger partial charge in [-0.15, -0.1) is 0 Å². The third-order valence-corrected chi connectivity index (χ3v) is 3.16. The number of ether oxygens (including phenoxy) is 1. The highest BCUT2D eigenvalue weighted by molar-refractivity contribution is 5.75. The lowest BCUT2D eigenvalue weighted by molar-refractivity contribution is -0.145. The van der Waals surface area contributed by atoms with Crippen LogP contribution in [-0.2, 0) is 16.0 Å². The topological polar surface area (TPSA) is 29.5 Å². The Balaban J connectivity index is 2.28. The molecule has 1 aromatic carbocycles. The first-order chi connectivity index (χ1) is 7.76. The Morgan fingerprint density at radius 1 is 1.50 bits per heavy atom. The average Bonchev–Trinajstić information content (AvgIpc) is 2.36. The zero-order chi connectivity index (χ0) is 11.5. The Morgan fingerprint density at radius 3 is 2.94 bits per heavy atom. The van der Waals surface area contributed by atoms with Crippen LogP contribution in [-0.4, -0.2) is 26.2 Å². The van der Waals surface area contributed by atoms with Crippen LogP contribution in [0.5, 0.6) is 0 Å². The minimum atomic E-state index is -0.104. The molecule has 3 heteroatoms. The largest absolute Gasteiger partial charge is 0.469 e. The molecule has 0 saturated carbocycles. The van der Waals surface area contributed by atoms with Gasteiger partial charge in [0.05, 0.1) is 13.0 Å². The lowest BCUT2D eigenvalue weighted by Gasteiger charge is -2.34. The van der Waals surface area contributed by atoms with Crippen molar-refractivity contribution in [3.05, 3.63) is 29.8 Å². The second-order valence-electron chi connectivity index (χ2n) is 4.09. The van der Waals surface area contributed by atoms with Gasteiger partial charge in [-0.3, -0.25) is 4.79 Å². The molecular formula is C13H17NO2. The zero-order valence-electron chi connectivity index (χ0n) is 9.77. The number of hydrogen-bond donors (Lipinski definition) is 0. The molecule has 1 atom stereocenters. The van der Waals surface area contributed by atoms with Crippen LogP contribution in [0, 0.1) is 5.92 Å². The molecule has 1 unspecified atom stereocenters. The first-order valence-corrected chi connectivity index (χ1v) is 5.67. The van der Waals surface area contributed by atoms with E-state index in [-0.39, 0.29) is 11.9 Å². The van der Waals surface area contributed by atoms with Gasteiger partial charge in [0, 0.05) is 18.8 Å². The number of fused-ring (bicyclic) bond motifs is 1. The van der Waals surface area contributed by atoms with E-state index in [4.69, 9.17) is 4.74 Å². The van der Waals surface area contributed by atoms with Gasteiger partial charge in [-0.1, -0.05) is 18.2 Å². The number of carbonyl (C=O) groups excluding carboxylic acids is 1. The SMILES string of the molecule is CCN1CC(C(=O)OC)Cc2ccccc21. The predicted molar refractivity (Wildman–Crippen MR) is 63.5 cm³/mol. The van der Waals surface area contributed by atoms with Crippen molar-refractivity contribution in [2.45, 2.75) is 13.3 Å². The van der Waals surface area contributed by atoms with Crippen molar-refractivity contribution in [3.8, 4) is 0 Å². The van der Waals surface area contributed by atoms with Gasteiger partial charge >= 0.3 is 5.97 Å². The van der Waals surface area contributed by atoms with Gasteiger partial charge in [0.2, 0.25) is 0 Å². The Hall–Kier alpha value is -1.51. The van der Waals surface area contributed by atoms with E-state index in [9.17, 15) is 4.79 Å². The van der Waals surface area contributed by atoms with E-state index in [2.05, 4.69) is 24.0 Å². The fraction of sp³-hybridized carbons (Fsp3) is 0.462. The number of rotatable bonds is 2. The second kappa shape index (κ2) is 4.56. The average molecular weight is 219 g/mol. The van der Waals surface area contributed by atoms with Gasteiger partial charge < -0.3 is 9.64 Å². The van der Waals surface area contributed by atoms with E-state index in [1.807, 2.05) is 12.1 Å². The molecule has 0 N–H and O–H groups in total. The van der Waals surface area contributed by atoms with Gasteiger partial charge in [0.1, 0.15) is 0 Å². The van der Waals surface area contributed by atoms with Crippen molar-refractivity contribution < 1.29 is 9.53 Å². The number of benzene rings is 1. The van der Waals surface area contributed by atoms with Crippen LogP contribution in [0.15, 0.2) is 24.3 Å². The number of carbonyl (C=O) groups is 1. The first kappa shape index (κ1) is 11.0. The Bertz CT molecular complexity index is 389. The van der Waals surface area contributed by atoms with Gasteiger partial charge in [0.25, 0.3) is 0 Å². The van der Waals surface area contributed by atoms with Crippen LogP contribution in [0.1, 0.15) is 12.5 Å². The molecule has 0 bridgehead atoms. The van der Waals surface area contributed by atoms with Crippen LogP contribution in [0.4, 0.5) is 5.69 Å². The minimum absolute atomic E-state index is 0.0279. The van der Waals surface area contributed by atoms with Crippen molar-refractivity contribution in [1.82, 2.24) is 0 Å². The summed E-state index contributed by atoms with van der Waals surface area (Å²) in [4.78, 5) is 13.8. The van der Waals surface area contributed by atoms with Crippen LogP contribution < -0.4 is 4.90 Å². The van der Waals surface area contributed by atoms with Crippen molar-refractivity contribution in [1.29, 1.82) is 0 Å². The Kier molecular flexibility index (Phi) is 3.13. The summed E-state index contributed by atoms with van der Waals surface area (Å²) >= 11 is 0. The number of para-hydroxylation sites is 1. The summed E-state index contributed by atoms with van der Waals surface area (Å²) in [6.07, 6.45) is 0.791. The van der Waals surface area contributed by atoms with E-state index < -0.39 is 0 Å². The molecule has 0 amide bonds. The number of methoxy groups -OCH3 is 1. The molecule has 0 radical (unpaired) electrons. The van der Waals surface area contributed by atoms with Crippen molar-refractivity contribution in [2.24, 2.45) is 5.92 Å². The molecule has 1 heterocycles. The maximum atomic E-state index is 11.6. The Labute approximate surface area is 96.0 Å². The Morgan fingerprint density at radius 2 is 2.25 bits per heavy atom. The van der Waals surface area contributed by atoms with Crippen LogP contribution in [0.2, 0.25) is 0 Å². The molecule has 2 rings (SSSR count). The molecule has 0 aliphatic carbocycles. The summed E-state index contributed by atoms with van der Waals surface area (Å²) in [7, 11) is 1.46. The first-order valence-electron chi connectivity index (χ1n) is 5.67. The highest BCUT2D eigenvalue weighted by Crippen LogP contribution is 2.29. The lowest BCUT2D eigenvalue weighted by Crippen LogP contribution is -2.39. The van der Waals surface area contributed by atoms with Gasteiger partial charge in [-0.2, -0.15) is 0 Å². The quantitative estimate of drug-likeness (QED) is 0.711. The van der Waals surface area contributed by atoms with E-state index >= 15 is 0 Å². The van der Waals surface area contributed by atoms with E-state index in [1.54, 1.807) is 0 Å². The summed E-state index contributed by atoms with van der Waals surface area (Å²) in [6, 6.07) is 8.27. The van der Waals surface area contributed by atoms with Crippen molar-refractivity contribution >= 4 is 11.7 Å². The zero-order valence-corrected chi connectivity index (χ0v) is 9.77. The minimum Gasteiger partial charge on any atom is -0.469 e. The third kappa shape index (κ3) is 1.90. The molecular weight excluding hydrogens is 202 g/mol. The fourth-order valence-electron chi connectivity index (χ4n) is 2.31. The normalized spacial score (nSPS) is 19.1. The molecule has 1 aromatic rings. The predicted octanol–water partition coefficient (Wildman–Crippen LogP) is 1.86. The van der Waals surface area contributed by atoms with E-state index in [1.165, 1.54) is 18.4 Å². The highest BCUT2D eigenvalue weighted by atomic mass is 16.5. The smallest absolute Gasteiger partial charge is 0.310 e. The van der Waals surface area contributed by atoms with Gasteiger partial charge in [-0.05, 0) is 25.0 Å². The maximum absolute atomic E-state index is 11.6. The van der Waals surface area contributed by atoms with Crippen LogP contribution in [0.3, 0.4) is 0 Å².